The van der Waals surface area contributed by atoms with Crippen molar-refractivity contribution >= 4 is 17.8 Å². The molecule has 2 aliphatic heterocycles. The molecule has 0 spiro atoms. The van der Waals surface area contributed by atoms with Gasteiger partial charge in [0.2, 0.25) is 5.78 Å². The number of allylic oxidation sites excluding steroid dienone is 1. The summed E-state index contributed by atoms with van der Waals surface area (Å²) < 4.78 is 19.0. The molecule has 30 heavy (non-hydrogen) atoms. The molecule has 2 aromatic rings. The number of phenols is 1. The first-order chi connectivity index (χ1) is 14.3. The molecule has 0 saturated carbocycles. The number of aromatic hydroxyl groups is 1. The van der Waals surface area contributed by atoms with Gasteiger partial charge in [-0.2, -0.15) is 0 Å². The topological polar surface area (TPSA) is 87.1 Å². The Morgan fingerprint density at radius 2 is 2.03 bits per heavy atom. The van der Waals surface area contributed by atoms with Crippen LogP contribution in [0, 0.1) is 12.7 Å². The lowest BCUT2D eigenvalue weighted by Crippen LogP contribution is -2.44. The number of halogens is 1. The third kappa shape index (κ3) is 3.68. The lowest BCUT2D eigenvalue weighted by Gasteiger charge is -2.33. The molecule has 1 saturated heterocycles. The van der Waals surface area contributed by atoms with Crippen LogP contribution in [0.4, 0.5) is 4.39 Å². The Morgan fingerprint density at radius 1 is 1.30 bits per heavy atom. The number of likely N-dealkylation sites (tertiary alicyclic amines) is 1. The summed E-state index contributed by atoms with van der Waals surface area (Å²) in [6.45, 7) is 2.47. The number of aliphatic carboxylic acids is 1. The van der Waals surface area contributed by atoms with Crippen LogP contribution in [0.15, 0.2) is 36.1 Å². The van der Waals surface area contributed by atoms with Gasteiger partial charge in [-0.15, -0.1) is 0 Å². The molecule has 1 unspecified atom stereocenters. The second-order valence-electron chi connectivity index (χ2n) is 7.71. The Balaban J connectivity index is 1.70. The van der Waals surface area contributed by atoms with Crippen LogP contribution in [-0.2, 0) is 11.3 Å². The fraction of sp³-hybridized carbons (Fsp3) is 0.304. The van der Waals surface area contributed by atoms with Gasteiger partial charge in [0.05, 0.1) is 11.1 Å². The highest BCUT2D eigenvalue weighted by Crippen LogP contribution is 2.42. The Kier molecular flexibility index (Phi) is 5.30. The number of hydrogen-bond donors (Lipinski definition) is 2. The lowest BCUT2D eigenvalue weighted by molar-refractivity contribution is -0.144. The molecule has 2 aromatic carbocycles. The molecule has 2 N–H and O–H groups in total. The third-order valence-electron chi connectivity index (χ3n) is 5.65. The molecule has 156 valence electrons. The monoisotopic (exact) mass is 411 g/mol. The fourth-order valence-electron chi connectivity index (χ4n) is 4.11. The van der Waals surface area contributed by atoms with Crippen LogP contribution in [0.5, 0.6) is 11.5 Å². The molecule has 1 atom stereocenters. The van der Waals surface area contributed by atoms with E-state index in [9.17, 15) is 24.2 Å². The molecule has 0 aromatic heterocycles. The number of nitrogens with zero attached hydrogens (tertiary/aromatic N) is 1. The van der Waals surface area contributed by atoms with Crippen molar-refractivity contribution in [2.45, 2.75) is 38.8 Å². The Hall–Kier alpha value is -3.19. The van der Waals surface area contributed by atoms with E-state index >= 15 is 0 Å². The van der Waals surface area contributed by atoms with E-state index in [0.29, 0.717) is 35.2 Å². The third-order valence-corrected chi connectivity index (χ3v) is 5.65. The van der Waals surface area contributed by atoms with Gasteiger partial charge < -0.3 is 14.9 Å². The molecular weight excluding hydrogens is 389 g/mol. The van der Waals surface area contributed by atoms with E-state index in [2.05, 4.69) is 0 Å². The summed E-state index contributed by atoms with van der Waals surface area (Å²) in [5, 5.41) is 20.1. The van der Waals surface area contributed by atoms with E-state index in [4.69, 9.17) is 4.74 Å². The summed E-state index contributed by atoms with van der Waals surface area (Å²) in [5.74, 6) is -1.28. The standard InChI is InChI=1S/C23H22FNO5/c1-13-10-18(26)16(12-25-9-3-2-4-17(25)23(28)29)22-20(13)21(27)19(30-22)11-14-5-7-15(24)8-6-14/h5-8,10-11,17,26H,2-4,9,12H2,1H3,(H,28,29). The zero-order valence-electron chi connectivity index (χ0n) is 16.5. The number of fused-ring (bicyclic) bond motifs is 1. The van der Waals surface area contributed by atoms with E-state index in [1.165, 1.54) is 24.3 Å². The van der Waals surface area contributed by atoms with E-state index in [-0.39, 0.29) is 35.4 Å². The number of benzene rings is 2. The smallest absolute Gasteiger partial charge is 0.320 e. The number of carboxylic acids is 1. The number of Topliss-reactive ketones (excluding diaryl/α,β-unsaturated/α-hetero) is 1. The number of aryl methyl sites for hydroxylation is 1. The van der Waals surface area contributed by atoms with E-state index in [1.807, 2.05) is 0 Å². The van der Waals surface area contributed by atoms with Crippen molar-refractivity contribution in [3.8, 4) is 11.5 Å². The minimum atomic E-state index is -0.896. The maximum atomic E-state index is 13.2. The molecule has 4 rings (SSSR count). The van der Waals surface area contributed by atoms with Gasteiger partial charge in [-0.1, -0.05) is 18.6 Å². The average molecular weight is 411 g/mol. The van der Waals surface area contributed by atoms with E-state index in [0.717, 1.165) is 12.8 Å². The van der Waals surface area contributed by atoms with E-state index < -0.39 is 12.0 Å². The zero-order chi connectivity index (χ0) is 21.4. The summed E-state index contributed by atoms with van der Waals surface area (Å²) in [4.78, 5) is 26.4. The number of carboxylic acid groups (broad SMARTS) is 1. The van der Waals surface area contributed by atoms with Crippen LogP contribution in [0.2, 0.25) is 0 Å². The summed E-state index contributed by atoms with van der Waals surface area (Å²) in [7, 11) is 0. The summed E-state index contributed by atoms with van der Waals surface area (Å²) >= 11 is 0. The van der Waals surface area contributed by atoms with Crippen LogP contribution in [0.1, 0.15) is 46.3 Å². The molecule has 0 aliphatic carbocycles. The van der Waals surface area contributed by atoms with Crippen molar-refractivity contribution in [1.29, 1.82) is 0 Å². The molecule has 0 radical (unpaired) electrons. The Labute approximate surface area is 173 Å². The number of phenolic OH excluding ortho intramolecular Hbond substituents is 1. The molecule has 1 fully saturated rings. The molecule has 7 heteroatoms. The predicted molar refractivity (Wildman–Crippen MR) is 108 cm³/mol. The van der Waals surface area contributed by atoms with Gasteiger partial charge in [0, 0.05) is 6.54 Å². The first-order valence-corrected chi connectivity index (χ1v) is 9.87. The highest BCUT2D eigenvalue weighted by molar-refractivity contribution is 6.15. The van der Waals surface area contributed by atoms with Crippen LogP contribution >= 0.6 is 0 Å². The quantitative estimate of drug-likeness (QED) is 0.743. The molecule has 0 bridgehead atoms. The second kappa shape index (κ2) is 7.91. The second-order valence-corrected chi connectivity index (χ2v) is 7.71. The number of carbonyl (C=O) groups is 2. The number of carbonyl (C=O) groups excluding carboxylic acids is 1. The lowest BCUT2D eigenvalue weighted by atomic mass is 9.97. The van der Waals surface area contributed by atoms with Gasteiger partial charge in [-0.25, -0.2) is 4.39 Å². The van der Waals surface area contributed by atoms with Gasteiger partial charge in [-0.05, 0) is 61.7 Å². The molecule has 6 nitrogen and oxygen atoms in total. The number of ether oxygens (including phenoxy) is 1. The summed E-state index contributed by atoms with van der Waals surface area (Å²) in [6.07, 6.45) is 3.78. The molecular formula is C23H22FNO5. The Bertz CT molecular complexity index is 1040. The van der Waals surface area contributed by atoms with Crippen LogP contribution in [0.25, 0.3) is 6.08 Å². The number of hydrogen-bond acceptors (Lipinski definition) is 5. The largest absolute Gasteiger partial charge is 0.507 e. The molecule has 2 aliphatic rings. The van der Waals surface area contributed by atoms with E-state index in [1.54, 1.807) is 24.0 Å². The molecule has 0 amide bonds. The van der Waals surface area contributed by atoms with Gasteiger partial charge in [0.25, 0.3) is 0 Å². The highest BCUT2D eigenvalue weighted by atomic mass is 19.1. The van der Waals surface area contributed by atoms with Crippen molar-refractivity contribution in [3.05, 3.63) is 64.2 Å². The number of piperidine rings is 1. The number of rotatable bonds is 4. The SMILES string of the molecule is Cc1cc(O)c(CN2CCCCC2C(=O)O)c2c1C(=O)C(=Cc1ccc(F)cc1)O2. The first-order valence-electron chi connectivity index (χ1n) is 9.87. The maximum Gasteiger partial charge on any atom is 0.320 e. The predicted octanol–water partition coefficient (Wildman–Crippen LogP) is 3.90. The zero-order valence-corrected chi connectivity index (χ0v) is 16.5. The summed E-state index contributed by atoms with van der Waals surface area (Å²) in [5.41, 5.74) is 1.95. The van der Waals surface area contributed by atoms with Crippen LogP contribution in [-0.4, -0.2) is 39.5 Å². The van der Waals surface area contributed by atoms with Crippen molar-refractivity contribution in [2.75, 3.05) is 6.54 Å². The van der Waals surface area contributed by atoms with Crippen molar-refractivity contribution in [2.24, 2.45) is 0 Å². The van der Waals surface area contributed by atoms with Crippen molar-refractivity contribution in [3.63, 3.8) is 0 Å². The van der Waals surface area contributed by atoms with Gasteiger partial charge in [0.15, 0.2) is 5.76 Å². The van der Waals surface area contributed by atoms with Crippen LogP contribution in [0.3, 0.4) is 0 Å². The van der Waals surface area contributed by atoms with Gasteiger partial charge in [0.1, 0.15) is 23.4 Å². The van der Waals surface area contributed by atoms with Crippen LogP contribution < -0.4 is 4.74 Å². The number of ketones is 1. The van der Waals surface area contributed by atoms with Gasteiger partial charge in [-0.3, -0.25) is 14.5 Å². The highest BCUT2D eigenvalue weighted by Gasteiger charge is 2.36. The van der Waals surface area contributed by atoms with Crippen molar-refractivity contribution < 1.29 is 28.9 Å². The summed E-state index contributed by atoms with van der Waals surface area (Å²) in [6, 6.07) is 6.54. The average Bonchev–Trinajstić information content (AvgIpc) is 3.03. The van der Waals surface area contributed by atoms with Crippen molar-refractivity contribution in [1.82, 2.24) is 4.90 Å². The first kappa shape index (κ1) is 20.1. The maximum absolute atomic E-state index is 13.2. The molecule has 2 heterocycles. The minimum Gasteiger partial charge on any atom is -0.507 e. The Morgan fingerprint density at radius 3 is 2.73 bits per heavy atom. The minimum absolute atomic E-state index is 0.0307. The van der Waals surface area contributed by atoms with Gasteiger partial charge >= 0.3 is 5.97 Å². The fourth-order valence-corrected chi connectivity index (χ4v) is 4.11. The normalized spacial score (nSPS) is 20.3.